The predicted octanol–water partition coefficient (Wildman–Crippen LogP) is 11.7. The molecule has 7 heteroatoms. The fraction of sp³-hybridized carbons (Fsp3) is 0. The molecule has 10 rings (SSSR count). The van der Waals surface area contributed by atoms with Crippen LogP contribution in [-0.4, -0.2) is 28.4 Å². The molecule has 4 heterocycles. The molecule has 6 nitrogen and oxygen atoms in total. The molecule has 57 heavy (non-hydrogen) atoms. The van der Waals surface area contributed by atoms with Gasteiger partial charge in [-0.15, -0.1) is 0 Å². The Morgan fingerprint density at radius 1 is 0.351 bits per heavy atom. The number of rotatable bonds is 4. The zero-order chi connectivity index (χ0) is 38.3. The number of pyridine rings is 2. The zero-order valence-electron chi connectivity index (χ0n) is 30.5. The number of hydrogen-bond donors (Lipinski definition) is 0. The van der Waals surface area contributed by atoms with E-state index in [9.17, 15) is 8.42 Å². The summed E-state index contributed by atoms with van der Waals surface area (Å²) in [5, 5.41) is 0. The van der Waals surface area contributed by atoms with Gasteiger partial charge in [0.15, 0.2) is 5.82 Å². The third-order valence-electron chi connectivity index (χ3n) is 10.5. The van der Waals surface area contributed by atoms with Crippen LogP contribution in [0.1, 0.15) is 0 Å². The summed E-state index contributed by atoms with van der Waals surface area (Å²) in [5.41, 5.74) is 12.4. The lowest BCUT2D eigenvalue weighted by Gasteiger charge is -2.18. The Morgan fingerprint density at radius 3 is 1.46 bits per heavy atom. The topological polar surface area (TPSA) is 85.7 Å². The summed E-state index contributed by atoms with van der Waals surface area (Å²) < 4.78 is 30.0. The lowest BCUT2D eigenvalue weighted by atomic mass is 9.86. The van der Waals surface area contributed by atoms with Gasteiger partial charge in [-0.05, 0) is 81.9 Å². The summed E-state index contributed by atoms with van der Waals surface area (Å²) in [6.07, 6.45) is 5.32. The predicted molar refractivity (Wildman–Crippen MR) is 227 cm³/mol. The van der Waals surface area contributed by atoms with Gasteiger partial charge < -0.3 is 0 Å². The zero-order valence-corrected chi connectivity index (χ0v) is 31.3. The van der Waals surface area contributed by atoms with E-state index in [1.165, 1.54) is 0 Å². The minimum atomic E-state index is -4.01. The first-order chi connectivity index (χ1) is 28.0. The number of hydrogen-bond acceptors (Lipinski definition) is 6. The largest absolute Gasteiger partial charge is 0.264 e. The number of aromatic nitrogens is 4. The molecule has 6 aromatic carbocycles. The van der Waals surface area contributed by atoms with Crippen LogP contribution >= 0.6 is 0 Å². The van der Waals surface area contributed by atoms with Crippen LogP contribution in [0.4, 0.5) is 0 Å². The molecule has 0 bridgehead atoms. The van der Waals surface area contributed by atoms with Gasteiger partial charge in [0.1, 0.15) is 0 Å². The van der Waals surface area contributed by atoms with Crippen molar-refractivity contribution in [1.29, 1.82) is 0 Å². The molecular formula is C50H32N4O2S. The van der Waals surface area contributed by atoms with Crippen molar-refractivity contribution < 1.29 is 8.42 Å². The first-order valence-corrected chi connectivity index (χ1v) is 20.1. The van der Waals surface area contributed by atoms with Crippen LogP contribution in [0.3, 0.4) is 0 Å². The van der Waals surface area contributed by atoms with Crippen LogP contribution in [0.2, 0.25) is 0 Å². The third kappa shape index (κ3) is 6.11. The van der Waals surface area contributed by atoms with Crippen molar-refractivity contribution in [3.63, 3.8) is 0 Å². The maximum Gasteiger partial charge on any atom is 0.207 e. The quantitative estimate of drug-likeness (QED) is 0.178. The van der Waals surface area contributed by atoms with Gasteiger partial charge in [-0.1, -0.05) is 127 Å². The molecule has 0 saturated carbocycles. The molecule has 0 amide bonds. The second-order valence-electron chi connectivity index (χ2n) is 13.8. The molecule has 1 aliphatic rings. The van der Waals surface area contributed by atoms with Crippen molar-refractivity contribution in [3.8, 4) is 89.7 Å². The Balaban J connectivity index is 1.22. The van der Waals surface area contributed by atoms with Crippen molar-refractivity contribution in [2.45, 2.75) is 9.79 Å². The first kappa shape index (κ1) is 34.2. The van der Waals surface area contributed by atoms with Crippen LogP contribution in [0.15, 0.2) is 204 Å². The van der Waals surface area contributed by atoms with Gasteiger partial charge in [-0.25, -0.2) is 18.4 Å². The van der Waals surface area contributed by atoms with E-state index in [1.807, 2.05) is 115 Å². The average molecular weight is 753 g/mol. The average Bonchev–Trinajstić information content (AvgIpc) is 3.30. The van der Waals surface area contributed by atoms with Crippen molar-refractivity contribution in [1.82, 2.24) is 19.9 Å². The van der Waals surface area contributed by atoms with Gasteiger partial charge in [-0.2, -0.15) is 0 Å². The van der Waals surface area contributed by atoms with E-state index in [2.05, 4.69) is 41.4 Å². The number of nitrogens with zero attached hydrogens (tertiary/aromatic N) is 4. The monoisotopic (exact) mass is 752 g/mol. The highest BCUT2D eigenvalue weighted by atomic mass is 32.2. The lowest BCUT2D eigenvalue weighted by Crippen LogP contribution is -2.06. The number of sulfone groups is 1. The second kappa shape index (κ2) is 14.1. The molecule has 0 unspecified atom stereocenters. The van der Waals surface area contributed by atoms with E-state index in [0.29, 0.717) is 22.6 Å². The van der Waals surface area contributed by atoms with Gasteiger partial charge in [0, 0.05) is 52.0 Å². The van der Waals surface area contributed by atoms with Crippen LogP contribution in [-0.2, 0) is 9.84 Å². The number of benzene rings is 6. The maximum absolute atomic E-state index is 15.0. The van der Waals surface area contributed by atoms with Crippen molar-refractivity contribution in [3.05, 3.63) is 195 Å². The Labute approximate surface area is 330 Å². The maximum atomic E-state index is 15.0. The molecule has 9 aromatic rings. The van der Waals surface area contributed by atoms with Gasteiger partial charge in [0.25, 0.3) is 0 Å². The molecule has 3 aromatic heterocycles. The van der Waals surface area contributed by atoms with E-state index < -0.39 is 9.84 Å². The molecule has 0 saturated heterocycles. The minimum Gasteiger partial charge on any atom is -0.264 e. The lowest BCUT2D eigenvalue weighted by molar-refractivity contribution is 0.596. The summed E-state index contributed by atoms with van der Waals surface area (Å²) in [4.78, 5) is 19.7. The molecule has 0 fully saturated rings. The molecule has 270 valence electrons. The third-order valence-corrected chi connectivity index (χ3v) is 12.3. The van der Waals surface area contributed by atoms with Crippen LogP contribution in [0, 0.1) is 0 Å². The summed E-state index contributed by atoms with van der Waals surface area (Å²) in [6.45, 7) is 0. The van der Waals surface area contributed by atoms with Gasteiger partial charge in [0.2, 0.25) is 9.84 Å². The van der Waals surface area contributed by atoms with E-state index >= 15 is 0 Å². The van der Waals surface area contributed by atoms with Crippen molar-refractivity contribution in [2.24, 2.45) is 0 Å². The van der Waals surface area contributed by atoms with Gasteiger partial charge >= 0.3 is 0 Å². The van der Waals surface area contributed by atoms with Crippen LogP contribution in [0.25, 0.3) is 89.7 Å². The Kier molecular flexibility index (Phi) is 8.42. The molecule has 0 N–H and O–H groups in total. The van der Waals surface area contributed by atoms with Crippen LogP contribution < -0.4 is 0 Å². The number of fused-ring (bicyclic) bond motifs is 9. The van der Waals surface area contributed by atoms with E-state index in [1.54, 1.807) is 42.9 Å². The highest BCUT2D eigenvalue weighted by Crippen LogP contribution is 2.47. The highest BCUT2D eigenvalue weighted by molar-refractivity contribution is 7.91. The minimum absolute atomic E-state index is 0.237. The molecule has 0 spiro atoms. The van der Waals surface area contributed by atoms with Crippen molar-refractivity contribution >= 4 is 9.84 Å². The normalized spacial score (nSPS) is 12.5. The summed E-state index contributed by atoms with van der Waals surface area (Å²) >= 11 is 0. The fourth-order valence-corrected chi connectivity index (χ4v) is 9.41. The first-order valence-electron chi connectivity index (χ1n) is 18.6. The molecule has 0 radical (unpaired) electrons. The molecule has 0 atom stereocenters. The highest BCUT2D eigenvalue weighted by Gasteiger charge is 2.29. The summed E-state index contributed by atoms with van der Waals surface area (Å²) in [7, 11) is -4.01. The Morgan fingerprint density at radius 2 is 0.860 bits per heavy atom. The van der Waals surface area contributed by atoms with E-state index in [0.717, 1.165) is 67.0 Å². The summed E-state index contributed by atoms with van der Waals surface area (Å²) in [5.74, 6) is 0.523. The SMILES string of the molecule is O=S1(=O)c2ccccc2-c2ccccc2-c2ccccc2-c2ccc(-c3cc(-c4ccccc4)nc(-c4ccc(-c5cccnc5)nc4)n3)cc2-c2ccccc21. The summed E-state index contributed by atoms with van der Waals surface area (Å²) in [6, 6.07) is 57.0. The molecular weight excluding hydrogens is 721 g/mol. The van der Waals surface area contributed by atoms with E-state index in [-0.39, 0.29) is 9.79 Å². The smallest absolute Gasteiger partial charge is 0.207 e. The Bertz CT molecular complexity index is 3080. The Hall–Kier alpha value is -7.35. The van der Waals surface area contributed by atoms with E-state index in [4.69, 9.17) is 15.0 Å². The fourth-order valence-electron chi connectivity index (χ4n) is 7.72. The van der Waals surface area contributed by atoms with Crippen molar-refractivity contribution in [2.75, 3.05) is 0 Å². The van der Waals surface area contributed by atoms with Gasteiger partial charge in [0.05, 0.1) is 26.9 Å². The van der Waals surface area contributed by atoms with Gasteiger partial charge in [-0.3, -0.25) is 9.97 Å². The second-order valence-corrected chi connectivity index (χ2v) is 15.7. The van der Waals surface area contributed by atoms with Crippen LogP contribution in [0.5, 0.6) is 0 Å². The molecule has 0 aliphatic carbocycles. The standard InChI is InChI=1S/C50H32N4O2S/c55-57(56)48-22-10-8-20-42(48)40-19-7-6-17-38(40)37-16-4-5-18-39(37)41-26-24-34(29-44(41)43-21-9-11-23-49(43)57)47-30-46(33-13-2-1-3-14-33)53-50(54-47)36-25-27-45(52-32-36)35-15-12-28-51-31-35/h1-32H. The molecule has 1 aliphatic heterocycles.